The molecule has 7 aromatic carbocycles. The first-order valence-electron chi connectivity index (χ1n) is 25.6. The third kappa shape index (κ3) is 10.7. The number of pyridine rings is 1. The summed E-state index contributed by atoms with van der Waals surface area (Å²) in [4.78, 5) is 10.8. The molecule has 0 unspecified atom stereocenters. The Labute approximate surface area is 450 Å². The minimum atomic E-state index is -0.360. The Kier molecular flexibility index (Phi) is 14.1. The molecule has 5 heteroatoms. The number of nitrogens with zero attached hydrogens (tertiary/aromatic N) is 3. The Morgan fingerprint density at radius 2 is 0.932 bits per heavy atom. The summed E-state index contributed by atoms with van der Waals surface area (Å²) >= 11 is 0. The van der Waals surface area contributed by atoms with E-state index in [0.29, 0.717) is 11.4 Å². The molecule has 2 aromatic heterocycles. The van der Waals surface area contributed by atoms with Crippen molar-refractivity contribution in [3.63, 3.8) is 0 Å². The van der Waals surface area contributed by atoms with E-state index in [4.69, 9.17) is 9.97 Å². The predicted molar refractivity (Wildman–Crippen MR) is 305 cm³/mol. The number of hydrogen-bond acceptors (Lipinski definition) is 3. The molecular weight excluding hydrogens is 1070 g/mol. The quantitative estimate of drug-likeness (QED) is 0.162. The number of fused-ring (bicyclic) bond motifs is 1. The summed E-state index contributed by atoms with van der Waals surface area (Å²) in [5.74, 6) is 0.911. The molecule has 9 rings (SSSR count). The van der Waals surface area contributed by atoms with Crippen molar-refractivity contribution in [1.82, 2.24) is 14.5 Å². The van der Waals surface area contributed by atoms with Crippen LogP contribution in [0.3, 0.4) is 0 Å². The SMILES string of the molecule is CC(C)(C)c1ccc(-c2ccnc(-c3[c-]c(-c4cccc5c4nc(-c4cc(C(C)(C)C)cc(C(C)(C)C)c4O)n5-c4c(-c5ccccc5)cc(C(C)(C)C)cc4-c4ccccc4)cc(C(C)(C)C)c3)c2)cc1.[Pt]. The number of phenolic OH excluding ortho intramolecular Hbond substituents is 1. The molecule has 0 radical (unpaired) electrons. The first-order chi connectivity index (χ1) is 33.8. The summed E-state index contributed by atoms with van der Waals surface area (Å²) in [5.41, 5.74) is 18.5. The first-order valence-corrected chi connectivity index (χ1v) is 25.6. The molecule has 0 amide bonds. The van der Waals surface area contributed by atoms with Gasteiger partial charge in [-0.1, -0.05) is 224 Å². The molecule has 2 heterocycles. The van der Waals surface area contributed by atoms with Crippen LogP contribution < -0.4 is 0 Å². The number of hydrogen-bond donors (Lipinski definition) is 1. The van der Waals surface area contributed by atoms with Crippen LogP contribution in [0, 0.1) is 6.07 Å². The van der Waals surface area contributed by atoms with Crippen LogP contribution in [0.5, 0.6) is 5.75 Å². The van der Waals surface area contributed by atoms with Crippen molar-refractivity contribution in [1.29, 1.82) is 0 Å². The fourth-order valence-corrected chi connectivity index (χ4v) is 9.72. The normalized spacial score (nSPS) is 12.5. The molecule has 0 aliphatic heterocycles. The van der Waals surface area contributed by atoms with Crippen molar-refractivity contribution in [2.45, 2.75) is 131 Å². The van der Waals surface area contributed by atoms with Gasteiger partial charge >= 0.3 is 0 Å². The van der Waals surface area contributed by atoms with Gasteiger partial charge in [-0.2, -0.15) is 0 Å². The largest absolute Gasteiger partial charge is 0.507 e. The molecule has 0 aliphatic carbocycles. The van der Waals surface area contributed by atoms with Crippen molar-refractivity contribution in [3.05, 3.63) is 192 Å². The number of para-hydroxylation sites is 1. The van der Waals surface area contributed by atoms with Gasteiger partial charge in [0.2, 0.25) is 0 Å². The first kappa shape index (κ1) is 53.0. The van der Waals surface area contributed by atoms with Crippen LogP contribution in [0.15, 0.2) is 158 Å². The molecule has 4 nitrogen and oxygen atoms in total. The van der Waals surface area contributed by atoms with Crippen molar-refractivity contribution in [2.24, 2.45) is 0 Å². The number of phenols is 1. The van der Waals surface area contributed by atoms with E-state index < -0.39 is 0 Å². The van der Waals surface area contributed by atoms with Crippen LogP contribution >= 0.6 is 0 Å². The molecule has 0 atom stereocenters. The summed E-state index contributed by atoms with van der Waals surface area (Å²) in [6.45, 7) is 33.6. The maximum atomic E-state index is 12.9. The zero-order chi connectivity index (χ0) is 51.7. The molecule has 0 saturated heterocycles. The van der Waals surface area contributed by atoms with Gasteiger partial charge in [0.1, 0.15) is 11.6 Å². The van der Waals surface area contributed by atoms with Gasteiger partial charge in [-0.15, -0.1) is 29.3 Å². The van der Waals surface area contributed by atoms with Gasteiger partial charge in [0.05, 0.1) is 22.3 Å². The summed E-state index contributed by atoms with van der Waals surface area (Å²) in [5, 5.41) is 12.9. The Morgan fingerprint density at radius 3 is 1.47 bits per heavy atom. The van der Waals surface area contributed by atoms with E-state index in [-0.39, 0.29) is 53.9 Å². The van der Waals surface area contributed by atoms with E-state index in [1.165, 1.54) is 16.7 Å². The average Bonchev–Trinajstić information content (AvgIpc) is 3.72. The van der Waals surface area contributed by atoms with Crippen molar-refractivity contribution < 1.29 is 26.2 Å². The maximum Gasteiger partial charge on any atom is 0.148 e. The van der Waals surface area contributed by atoms with E-state index in [1.807, 2.05) is 6.20 Å². The van der Waals surface area contributed by atoms with Crippen LogP contribution in [0.1, 0.15) is 132 Å². The number of aromatic nitrogens is 3. The minimum absolute atomic E-state index is 0. The van der Waals surface area contributed by atoms with Crippen molar-refractivity contribution in [3.8, 4) is 78.6 Å². The summed E-state index contributed by atoms with van der Waals surface area (Å²) in [6.07, 6.45) is 1.91. The fourth-order valence-electron chi connectivity index (χ4n) is 9.72. The Balaban J connectivity index is 0.00000711. The molecular formula is C68H72N3OPt-. The summed E-state index contributed by atoms with van der Waals surface area (Å²) in [6, 6.07) is 58.7. The number of imidazole rings is 1. The van der Waals surface area contributed by atoms with Gasteiger partial charge < -0.3 is 5.11 Å². The fraction of sp³-hybridized carbons (Fsp3) is 0.294. The monoisotopic (exact) mass is 1140 g/mol. The Bertz CT molecular complexity index is 3400. The number of aromatic hydroxyl groups is 1. The van der Waals surface area contributed by atoms with Gasteiger partial charge in [-0.3, -0.25) is 9.55 Å². The summed E-state index contributed by atoms with van der Waals surface area (Å²) in [7, 11) is 0. The number of benzene rings is 7. The van der Waals surface area contributed by atoms with Crippen LogP contribution in [0.25, 0.3) is 83.9 Å². The Morgan fingerprint density at radius 1 is 0.425 bits per heavy atom. The second-order valence-electron chi connectivity index (χ2n) is 25.0. The second kappa shape index (κ2) is 19.5. The van der Waals surface area contributed by atoms with Crippen LogP contribution in [0.2, 0.25) is 0 Å². The second-order valence-corrected chi connectivity index (χ2v) is 25.0. The minimum Gasteiger partial charge on any atom is -0.507 e. The van der Waals surface area contributed by atoms with Crippen LogP contribution in [-0.2, 0) is 48.1 Å². The van der Waals surface area contributed by atoms with E-state index in [0.717, 1.165) is 83.6 Å². The molecule has 0 bridgehead atoms. The van der Waals surface area contributed by atoms with Gasteiger partial charge in [-0.25, -0.2) is 4.98 Å². The van der Waals surface area contributed by atoms with Crippen LogP contribution in [0.4, 0.5) is 0 Å². The van der Waals surface area contributed by atoms with Crippen molar-refractivity contribution in [2.75, 3.05) is 0 Å². The van der Waals surface area contributed by atoms with E-state index in [9.17, 15) is 5.11 Å². The average molecular weight is 1140 g/mol. The molecule has 73 heavy (non-hydrogen) atoms. The Hall–Kier alpha value is -6.35. The topological polar surface area (TPSA) is 50.9 Å². The van der Waals surface area contributed by atoms with Gasteiger partial charge in [0.15, 0.2) is 0 Å². The third-order valence-electron chi connectivity index (χ3n) is 14.2. The predicted octanol–water partition coefficient (Wildman–Crippen LogP) is 18.4. The maximum absolute atomic E-state index is 12.9. The zero-order valence-corrected chi connectivity index (χ0v) is 47.9. The molecule has 0 aliphatic rings. The molecule has 0 spiro atoms. The standard InChI is InChI=1S/C68H72N3O.Pt/c1-64(2,3)49-31-29-43(30-32-49)46-33-34-69-58(38-46)48-35-47(36-50(37-48)65(4,5)6)53-27-22-28-59-60(53)70-63(56-41-52(67(10,11)12)42-57(62(56)72)68(13,14)15)71(59)61-54(44-23-18-16-19-24-44)39-51(66(7,8)9)40-55(61)45-25-20-17-21-26-45;/h16-34,36-42,72H,1-15H3;/q-1;. The van der Waals surface area contributed by atoms with Gasteiger partial charge in [0.25, 0.3) is 0 Å². The molecule has 0 fully saturated rings. The zero-order valence-electron chi connectivity index (χ0n) is 45.6. The molecule has 0 saturated carbocycles. The van der Waals surface area contributed by atoms with Crippen molar-refractivity contribution >= 4 is 11.0 Å². The number of rotatable bonds is 7. The smallest absolute Gasteiger partial charge is 0.148 e. The van der Waals surface area contributed by atoms with E-state index >= 15 is 0 Å². The van der Waals surface area contributed by atoms with Crippen LogP contribution in [-0.4, -0.2) is 19.6 Å². The van der Waals surface area contributed by atoms with Gasteiger partial charge in [-0.05, 0) is 96.4 Å². The van der Waals surface area contributed by atoms with Gasteiger partial charge in [0, 0.05) is 49.6 Å². The molecule has 1 N–H and O–H groups in total. The summed E-state index contributed by atoms with van der Waals surface area (Å²) < 4.78 is 2.34. The molecule has 9 aromatic rings. The van der Waals surface area contributed by atoms with E-state index in [1.54, 1.807) is 0 Å². The third-order valence-corrected chi connectivity index (χ3v) is 14.2. The molecule has 376 valence electrons. The van der Waals surface area contributed by atoms with E-state index in [2.05, 4.69) is 266 Å².